The fourth-order valence-electron chi connectivity index (χ4n) is 3.46. The molecule has 1 amide bonds. The number of hydrogen-bond acceptors (Lipinski definition) is 4. The van der Waals surface area contributed by atoms with Gasteiger partial charge in [-0.3, -0.25) is 4.79 Å². The van der Waals surface area contributed by atoms with Gasteiger partial charge in [0, 0.05) is 11.1 Å². The van der Waals surface area contributed by atoms with E-state index in [0.717, 1.165) is 16.7 Å². The lowest BCUT2D eigenvalue weighted by Crippen LogP contribution is -2.12. The minimum absolute atomic E-state index is 0.208. The van der Waals surface area contributed by atoms with E-state index in [4.69, 9.17) is 4.52 Å². The molecule has 0 unspecified atom stereocenters. The van der Waals surface area contributed by atoms with Gasteiger partial charge in [0.15, 0.2) is 0 Å². The Hall–Kier alpha value is -4.51. The molecular weight excluding hydrogens is 398 g/mol. The number of anilines is 1. The van der Waals surface area contributed by atoms with Crippen LogP contribution in [0.5, 0.6) is 0 Å². The molecule has 32 heavy (non-hydrogen) atoms. The molecule has 0 saturated carbocycles. The van der Waals surface area contributed by atoms with E-state index >= 15 is 0 Å². The Morgan fingerprint density at radius 2 is 1.25 bits per heavy atom. The van der Waals surface area contributed by atoms with E-state index in [1.165, 1.54) is 0 Å². The van der Waals surface area contributed by atoms with E-state index in [1.807, 2.05) is 109 Å². The summed E-state index contributed by atoms with van der Waals surface area (Å²) in [6.45, 7) is 0. The van der Waals surface area contributed by atoms with Crippen molar-refractivity contribution in [3.63, 3.8) is 0 Å². The van der Waals surface area contributed by atoms with Crippen LogP contribution < -0.4 is 5.32 Å². The van der Waals surface area contributed by atoms with Gasteiger partial charge in [0.05, 0.1) is 11.3 Å². The fraction of sp³-hybridized carbons (Fsp3) is 0. The van der Waals surface area contributed by atoms with Gasteiger partial charge in [0.2, 0.25) is 5.82 Å². The number of carbonyl (C=O) groups excluding carboxylic acids is 1. The molecule has 1 N–H and O–H groups in total. The first kappa shape index (κ1) is 19.5. The normalized spacial score (nSPS) is 10.6. The van der Waals surface area contributed by atoms with Crippen molar-refractivity contribution in [2.24, 2.45) is 0 Å². The van der Waals surface area contributed by atoms with Crippen molar-refractivity contribution in [3.05, 3.63) is 115 Å². The number of carbonyl (C=O) groups is 1. The van der Waals surface area contributed by atoms with Crippen LogP contribution in [0.4, 0.5) is 5.69 Å². The summed E-state index contributed by atoms with van der Waals surface area (Å²) < 4.78 is 5.49. The molecule has 5 rings (SSSR count). The molecule has 5 heteroatoms. The average molecular weight is 417 g/mol. The molecule has 5 nitrogen and oxygen atoms in total. The van der Waals surface area contributed by atoms with Gasteiger partial charge < -0.3 is 9.84 Å². The highest BCUT2D eigenvalue weighted by atomic mass is 16.5. The summed E-state index contributed by atoms with van der Waals surface area (Å²) in [7, 11) is 0. The molecule has 1 heterocycles. The average Bonchev–Trinajstić information content (AvgIpc) is 3.36. The maximum Gasteiger partial charge on any atom is 0.260 e. The molecule has 4 aromatic carbocycles. The van der Waals surface area contributed by atoms with Crippen LogP contribution in [-0.2, 0) is 0 Å². The van der Waals surface area contributed by atoms with Crippen LogP contribution in [0, 0.1) is 0 Å². The monoisotopic (exact) mass is 417 g/mol. The lowest BCUT2D eigenvalue weighted by atomic mass is 10.0. The highest BCUT2D eigenvalue weighted by Crippen LogP contribution is 2.29. The Bertz CT molecular complexity index is 1340. The molecule has 5 aromatic rings. The molecule has 0 atom stereocenters. The molecule has 0 bridgehead atoms. The first-order chi connectivity index (χ1) is 15.8. The van der Waals surface area contributed by atoms with Crippen LogP contribution in [0.2, 0.25) is 0 Å². The highest BCUT2D eigenvalue weighted by molar-refractivity contribution is 6.06. The van der Waals surface area contributed by atoms with Crippen molar-refractivity contribution < 1.29 is 9.32 Å². The zero-order valence-corrected chi connectivity index (χ0v) is 17.1. The van der Waals surface area contributed by atoms with Gasteiger partial charge in [-0.05, 0) is 35.4 Å². The van der Waals surface area contributed by atoms with E-state index in [2.05, 4.69) is 15.5 Å². The van der Waals surface area contributed by atoms with E-state index in [1.54, 1.807) is 0 Å². The number of amides is 1. The SMILES string of the molecule is O=C(Nc1ccccc1-c1nc(-c2ccccc2)no1)c1ccc(-c2ccccc2)cc1. The van der Waals surface area contributed by atoms with Gasteiger partial charge in [0.1, 0.15) is 0 Å². The van der Waals surface area contributed by atoms with E-state index < -0.39 is 0 Å². The summed E-state index contributed by atoms with van der Waals surface area (Å²) in [4.78, 5) is 17.4. The standard InChI is InChI=1S/C27H19N3O2/c31-26(22-17-15-20(16-18-22)19-9-3-1-4-10-19)28-24-14-8-7-13-23(24)27-29-25(30-32-27)21-11-5-2-6-12-21/h1-18H,(H,28,31). The summed E-state index contributed by atoms with van der Waals surface area (Å²) in [5, 5.41) is 7.05. The fourth-order valence-corrected chi connectivity index (χ4v) is 3.46. The molecule has 0 aliphatic rings. The van der Waals surface area contributed by atoms with E-state index in [9.17, 15) is 4.79 Å². The van der Waals surface area contributed by atoms with Crippen LogP contribution in [0.15, 0.2) is 114 Å². The molecule has 0 fully saturated rings. The van der Waals surface area contributed by atoms with Crippen molar-refractivity contribution in [1.82, 2.24) is 10.1 Å². The first-order valence-electron chi connectivity index (χ1n) is 10.2. The second kappa shape index (κ2) is 8.70. The third-order valence-electron chi connectivity index (χ3n) is 5.12. The number of benzene rings is 4. The summed E-state index contributed by atoms with van der Waals surface area (Å²) in [6, 6.07) is 34.6. The smallest absolute Gasteiger partial charge is 0.260 e. The van der Waals surface area contributed by atoms with Crippen LogP contribution in [0.3, 0.4) is 0 Å². The number of nitrogens with one attached hydrogen (secondary N) is 1. The number of para-hydroxylation sites is 1. The first-order valence-corrected chi connectivity index (χ1v) is 10.2. The minimum Gasteiger partial charge on any atom is -0.334 e. The highest BCUT2D eigenvalue weighted by Gasteiger charge is 2.16. The summed E-state index contributed by atoms with van der Waals surface area (Å²) in [6.07, 6.45) is 0. The Morgan fingerprint density at radius 3 is 1.97 bits per heavy atom. The molecule has 0 radical (unpaired) electrons. The minimum atomic E-state index is -0.208. The second-order valence-electron chi connectivity index (χ2n) is 7.23. The summed E-state index contributed by atoms with van der Waals surface area (Å²) >= 11 is 0. The van der Waals surface area contributed by atoms with Gasteiger partial charge in [-0.15, -0.1) is 0 Å². The predicted octanol–water partition coefficient (Wildman–Crippen LogP) is 6.32. The van der Waals surface area contributed by atoms with Gasteiger partial charge in [-0.2, -0.15) is 4.98 Å². The van der Waals surface area contributed by atoms with Crippen molar-refractivity contribution in [2.75, 3.05) is 5.32 Å². The largest absolute Gasteiger partial charge is 0.334 e. The van der Waals surface area contributed by atoms with Gasteiger partial charge in [0.25, 0.3) is 11.8 Å². The summed E-state index contributed by atoms with van der Waals surface area (Å²) in [5.74, 6) is 0.636. The topological polar surface area (TPSA) is 68.0 Å². The van der Waals surface area contributed by atoms with Crippen LogP contribution in [-0.4, -0.2) is 16.0 Å². The second-order valence-corrected chi connectivity index (χ2v) is 7.23. The Kier molecular flexibility index (Phi) is 5.29. The van der Waals surface area contributed by atoms with Gasteiger partial charge >= 0.3 is 0 Å². The number of aromatic nitrogens is 2. The summed E-state index contributed by atoms with van der Waals surface area (Å²) in [5.41, 5.74) is 4.86. The van der Waals surface area contributed by atoms with Crippen molar-refractivity contribution in [3.8, 4) is 34.0 Å². The molecular formula is C27H19N3O2. The Balaban J connectivity index is 1.38. The zero-order chi connectivity index (χ0) is 21.8. The molecule has 1 aromatic heterocycles. The van der Waals surface area contributed by atoms with Crippen molar-refractivity contribution in [2.45, 2.75) is 0 Å². The van der Waals surface area contributed by atoms with Crippen molar-refractivity contribution >= 4 is 11.6 Å². The third-order valence-corrected chi connectivity index (χ3v) is 5.12. The maximum absolute atomic E-state index is 12.9. The van der Waals surface area contributed by atoms with Crippen LogP contribution in [0.1, 0.15) is 10.4 Å². The predicted molar refractivity (Wildman–Crippen MR) is 125 cm³/mol. The third kappa shape index (κ3) is 4.04. The van der Waals surface area contributed by atoms with Gasteiger partial charge in [-0.25, -0.2) is 0 Å². The maximum atomic E-state index is 12.9. The number of rotatable bonds is 5. The molecule has 0 saturated heterocycles. The number of nitrogens with zero attached hydrogens (tertiary/aromatic N) is 2. The molecule has 154 valence electrons. The van der Waals surface area contributed by atoms with Crippen molar-refractivity contribution in [1.29, 1.82) is 0 Å². The Labute approximate surface area is 185 Å². The number of hydrogen-bond donors (Lipinski definition) is 1. The molecule has 0 aliphatic carbocycles. The van der Waals surface area contributed by atoms with Crippen LogP contribution in [0.25, 0.3) is 34.0 Å². The lowest BCUT2D eigenvalue weighted by Gasteiger charge is -2.09. The Morgan fingerprint density at radius 1 is 0.656 bits per heavy atom. The van der Waals surface area contributed by atoms with Gasteiger partial charge in [-0.1, -0.05) is 90.1 Å². The van der Waals surface area contributed by atoms with Crippen LogP contribution >= 0.6 is 0 Å². The molecule has 0 aliphatic heterocycles. The van der Waals surface area contributed by atoms with E-state index in [-0.39, 0.29) is 5.91 Å². The lowest BCUT2D eigenvalue weighted by molar-refractivity contribution is 0.102. The van der Waals surface area contributed by atoms with E-state index in [0.29, 0.717) is 28.5 Å². The zero-order valence-electron chi connectivity index (χ0n) is 17.1. The molecule has 0 spiro atoms. The quantitative estimate of drug-likeness (QED) is 0.363.